The van der Waals surface area contributed by atoms with Crippen molar-refractivity contribution in [2.45, 2.75) is 11.8 Å². The van der Waals surface area contributed by atoms with Crippen LogP contribution in [0.2, 0.25) is 0 Å². The van der Waals surface area contributed by atoms with Crippen molar-refractivity contribution < 1.29 is 8.42 Å². The lowest BCUT2D eigenvalue weighted by Crippen LogP contribution is -2.19. The number of imidazole rings is 1. The number of nitrogens with zero attached hydrogens (tertiary/aromatic N) is 6. The van der Waals surface area contributed by atoms with Gasteiger partial charge in [0.2, 0.25) is 21.9 Å². The van der Waals surface area contributed by atoms with Crippen LogP contribution in [0.4, 0.5) is 34.8 Å². The van der Waals surface area contributed by atoms with Gasteiger partial charge in [0.1, 0.15) is 5.82 Å². The van der Waals surface area contributed by atoms with E-state index < -0.39 is 10.0 Å². The fourth-order valence-electron chi connectivity index (χ4n) is 4.28. The minimum atomic E-state index is -3.82. The number of aryl methyl sites for hydroxylation is 1. The molecule has 0 amide bonds. The van der Waals surface area contributed by atoms with Crippen LogP contribution < -0.4 is 20.3 Å². The highest BCUT2D eigenvalue weighted by Gasteiger charge is 2.17. The minimum Gasteiger partial charge on any atom is -0.329 e. The van der Waals surface area contributed by atoms with E-state index in [1.165, 1.54) is 12.1 Å². The van der Waals surface area contributed by atoms with Crippen molar-refractivity contribution in [1.82, 2.24) is 19.5 Å². The van der Waals surface area contributed by atoms with E-state index in [0.717, 1.165) is 34.9 Å². The third kappa shape index (κ3) is 5.01. The standard InChI is InChI=1S/C27H28N8O2S/c1-4-35(20-10-6-5-7-11-20)27-31-23-18-21(13-14-24(23)34(27)3)33(2)25-15-16-29-26(32-25)30-19-9-8-12-22(17-19)38(28,36)37/h5-18H,4H2,1-3H3,(H2,28,36,37)(H,29,30,32). The van der Waals surface area contributed by atoms with E-state index in [4.69, 9.17) is 10.1 Å². The van der Waals surface area contributed by atoms with Crippen LogP contribution in [-0.4, -0.2) is 41.5 Å². The van der Waals surface area contributed by atoms with Crippen LogP contribution in [0.5, 0.6) is 0 Å². The topological polar surface area (TPSA) is 122 Å². The molecule has 0 spiro atoms. The Labute approximate surface area is 221 Å². The molecule has 194 valence electrons. The van der Waals surface area contributed by atoms with Gasteiger partial charge in [-0.1, -0.05) is 24.3 Å². The monoisotopic (exact) mass is 528 g/mol. The molecule has 0 aliphatic rings. The Bertz CT molecular complexity index is 1700. The number of rotatable bonds is 8. The second-order valence-corrected chi connectivity index (χ2v) is 10.3. The molecule has 3 N–H and O–H groups in total. The zero-order valence-electron chi connectivity index (χ0n) is 21.3. The first-order chi connectivity index (χ1) is 18.2. The summed E-state index contributed by atoms with van der Waals surface area (Å²) in [5.74, 6) is 1.84. The molecule has 5 aromatic rings. The Morgan fingerprint density at radius 3 is 2.47 bits per heavy atom. The zero-order chi connectivity index (χ0) is 26.9. The molecule has 0 aliphatic heterocycles. The van der Waals surface area contributed by atoms with Gasteiger partial charge in [0.25, 0.3) is 0 Å². The molecule has 0 aliphatic carbocycles. The lowest BCUT2D eigenvalue weighted by Gasteiger charge is -2.21. The maximum atomic E-state index is 11.7. The van der Waals surface area contributed by atoms with Crippen LogP contribution in [-0.2, 0) is 17.1 Å². The van der Waals surface area contributed by atoms with Crippen molar-refractivity contribution in [1.29, 1.82) is 0 Å². The smallest absolute Gasteiger partial charge is 0.238 e. The predicted octanol–water partition coefficient (Wildman–Crippen LogP) is 4.68. The average Bonchev–Trinajstić information content (AvgIpc) is 3.24. The Morgan fingerprint density at radius 1 is 0.947 bits per heavy atom. The largest absolute Gasteiger partial charge is 0.329 e. The van der Waals surface area contributed by atoms with Crippen LogP contribution >= 0.6 is 0 Å². The van der Waals surface area contributed by atoms with E-state index in [-0.39, 0.29) is 4.90 Å². The summed E-state index contributed by atoms with van der Waals surface area (Å²) in [4.78, 5) is 18.0. The van der Waals surface area contributed by atoms with E-state index in [1.54, 1.807) is 24.4 Å². The molecule has 2 aromatic heterocycles. The third-order valence-electron chi connectivity index (χ3n) is 6.26. The van der Waals surface area contributed by atoms with E-state index in [0.29, 0.717) is 17.5 Å². The van der Waals surface area contributed by atoms with Gasteiger partial charge >= 0.3 is 0 Å². The number of primary sulfonamides is 1. The molecule has 38 heavy (non-hydrogen) atoms. The van der Waals surface area contributed by atoms with Gasteiger partial charge in [0, 0.05) is 43.9 Å². The zero-order valence-corrected chi connectivity index (χ0v) is 22.1. The van der Waals surface area contributed by atoms with Crippen molar-refractivity contribution in [3.63, 3.8) is 0 Å². The van der Waals surface area contributed by atoms with Gasteiger partial charge in [0.05, 0.1) is 15.9 Å². The normalized spacial score (nSPS) is 11.5. The van der Waals surface area contributed by atoms with Gasteiger partial charge < -0.3 is 19.7 Å². The highest BCUT2D eigenvalue weighted by Crippen LogP contribution is 2.31. The van der Waals surface area contributed by atoms with Gasteiger partial charge in [-0.15, -0.1) is 0 Å². The highest BCUT2D eigenvalue weighted by atomic mass is 32.2. The second kappa shape index (κ2) is 10.1. The Morgan fingerprint density at radius 2 is 1.74 bits per heavy atom. The summed E-state index contributed by atoms with van der Waals surface area (Å²) in [6, 6.07) is 24.3. The number of hydrogen-bond donors (Lipinski definition) is 2. The lowest BCUT2D eigenvalue weighted by molar-refractivity contribution is 0.598. The predicted molar refractivity (Wildman–Crippen MR) is 151 cm³/mol. The van der Waals surface area contributed by atoms with Gasteiger partial charge in [-0.2, -0.15) is 4.98 Å². The van der Waals surface area contributed by atoms with Crippen molar-refractivity contribution in [3.05, 3.63) is 85.1 Å². The quantitative estimate of drug-likeness (QED) is 0.298. The molecular weight excluding hydrogens is 500 g/mol. The number of aromatic nitrogens is 4. The molecular formula is C27H28N8O2S. The van der Waals surface area contributed by atoms with Crippen LogP contribution in [0, 0.1) is 0 Å². The first-order valence-electron chi connectivity index (χ1n) is 12.0. The SMILES string of the molecule is CCN(c1ccccc1)c1nc2cc(N(C)c3ccnc(Nc4cccc(S(N)(=O)=O)c4)n3)ccc2n1C. The van der Waals surface area contributed by atoms with Gasteiger partial charge in [-0.05, 0) is 61.5 Å². The molecule has 0 bridgehead atoms. The van der Waals surface area contributed by atoms with E-state index in [2.05, 4.69) is 49.9 Å². The summed E-state index contributed by atoms with van der Waals surface area (Å²) in [6.07, 6.45) is 1.64. The molecule has 0 saturated carbocycles. The van der Waals surface area contributed by atoms with Gasteiger partial charge in [-0.25, -0.2) is 23.5 Å². The average molecular weight is 529 g/mol. The number of para-hydroxylation sites is 1. The third-order valence-corrected chi connectivity index (χ3v) is 7.17. The number of anilines is 6. The van der Waals surface area contributed by atoms with Crippen molar-refractivity contribution in [2.24, 2.45) is 12.2 Å². The van der Waals surface area contributed by atoms with Crippen molar-refractivity contribution >= 4 is 55.8 Å². The molecule has 5 rings (SSSR count). The number of sulfonamides is 1. The van der Waals surface area contributed by atoms with Gasteiger partial charge in [-0.3, -0.25) is 0 Å². The number of hydrogen-bond acceptors (Lipinski definition) is 8. The molecule has 11 heteroatoms. The van der Waals surface area contributed by atoms with Crippen LogP contribution in [0.25, 0.3) is 11.0 Å². The number of nitrogens with one attached hydrogen (secondary N) is 1. The fourth-order valence-corrected chi connectivity index (χ4v) is 4.84. The molecule has 0 saturated heterocycles. The Hall–Kier alpha value is -4.48. The highest BCUT2D eigenvalue weighted by molar-refractivity contribution is 7.89. The van der Waals surface area contributed by atoms with E-state index in [9.17, 15) is 8.42 Å². The molecule has 0 fully saturated rings. The summed E-state index contributed by atoms with van der Waals surface area (Å²) in [5, 5.41) is 8.30. The summed E-state index contributed by atoms with van der Waals surface area (Å²) in [5.41, 5.74) is 4.39. The molecule has 10 nitrogen and oxygen atoms in total. The summed E-state index contributed by atoms with van der Waals surface area (Å²) in [6.45, 7) is 2.89. The van der Waals surface area contributed by atoms with E-state index >= 15 is 0 Å². The van der Waals surface area contributed by atoms with E-state index in [1.807, 2.05) is 49.3 Å². The maximum absolute atomic E-state index is 11.7. The number of fused-ring (bicyclic) bond motifs is 1. The maximum Gasteiger partial charge on any atom is 0.238 e. The van der Waals surface area contributed by atoms with Crippen molar-refractivity contribution in [2.75, 3.05) is 28.7 Å². The molecule has 2 heterocycles. The van der Waals surface area contributed by atoms with Crippen LogP contribution in [0.3, 0.4) is 0 Å². The van der Waals surface area contributed by atoms with Gasteiger partial charge in [0.15, 0.2) is 0 Å². The Kier molecular flexibility index (Phi) is 6.70. The molecule has 0 unspecified atom stereocenters. The summed E-state index contributed by atoms with van der Waals surface area (Å²) in [7, 11) is 0.121. The summed E-state index contributed by atoms with van der Waals surface area (Å²) < 4.78 is 25.5. The number of nitrogens with two attached hydrogens (primary N) is 1. The Balaban J connectivity index is 1.43. The molecule has 3 aromatic carbocycles. The van der Waals surface area contributed by atoms with Crippen LogP contribution in [0.1, 0.15) is 6.92 Å². The minimum absolute atomic E-state index is 0.00714. The van der Waals surface area contributed by atoms with Crippen LogP contribution in [0.15, 0.2) is 90.0 Å². The first kappa shape index (κ1) is 25.2. The molecule has 0 radical (unpaired) electrons. The first-order valence-corrected chi connectivity index (χ1v) is 13.5. The molecule has 0 atom stereocenters. The lowest BCUT2D eigenvalue weighted by atomic mass is 10.2. The van der Waals surface area contributed by atoms with Crippen molar-refractivity contribution in [3.8, 4) is 0 Å². The second-order valence-electron chi connectivity index (χ2n) is 8.72. The fraction of sp³-hybridized carbons (Fsp3) is 0.148. The summed E-state index contributed by atoms with van der Waals surface area (Å²) >= 11 is 0. The number of benzene rings is 3.